The van der Waals surface area contributed by atoms with E-state index < -0.39 is 0 Å². The van der Waals surface area contributed by atoms with Gasteiger partial charge in [-0.25, -0.2) is 9.97 Å². The van der Waals surface area contributed by atoms with Crippen LogP contribution in [0.15, 0.2) is 73.2 Å². The zero-order chi connectivity index (χ0) is 19.8. The number of hydrogen-bond acceptors (Lipinski definition) is 5. The van der Waals surface area contributed by atoms with E-state index in [9.17, 15) is 4.79 Å². The maximum absolute atomic E-state index is 12.8. The fourth-order valence-electron chi connectivity index (χ4n) is 3.27. The molecule has 7 nitrogen and oxygen atoms in total. The number of carbonyl (C=O) groups is 1. The Labute approximate surface area is 166 Å². The molecule has 2 aromatic carbocycles. The average Bonchev–Trinajstić information content (AvgIpc) is 3.18. The third kappa shape index (κ3) is 3.08. The van der Waals surface area contributed by atoms with E-state index in [2.05, 4.69) is 25.5 Å². The zero-order valence-corrected chi connectivity index (χ0v) is 15.6. The van der Waals surface area contributed by atoms with Crippen LogP contribution in [0.3, 0.4) is 0 Å². The molecule has 0 atom stereocenters. The second-order valence-corrected chi connectivity index (χ2v) is 6.70. The first-order chi connectivity index (χ1) is 14.2. The Bertz CT molecular complexity index is 1360. The summed E-state index contributed by atoms with van der Waals surface area (Å²) >= 11 is 0. The molecule has 5 aromatic rings. The number of pyridine rings is 1. The van der Waals surface area contributed by atoms with E-state index in [4.69, 9.17) is 0 Å². The minimum atomic E-state index is -0.254. The molecule has 0 radical (unpaired) electrons. The summed E-state index contributed by atoms with van der Waals surface area (Å²) in [6.07, 6.45) is 3.27. The number of carbonyl (C=O) groups excluding carboxylic acids is 1. The lowest BCUT2D eigenvalue weighted by molar-refractivity contribution is 0.102. The third-order valence-electron chi connectivity index (χ3n) is 4.68. The number of fused-ring (bicyclic) bond motifs is 2. The molecule has 5 rings (SSSR count). The number of nitrogens with zero attached hydrogens (tertiary/aromatic N) is 5. The van der Waals surface area contributed by atoms with Crippen molar-refractivity contribution in [3.05, 3.63) is 84.4 Å². The summed E-state index contributed by atoms with van der Waals surface area (Å²) in [6.45, 7) is 1.87. The topological polar surface area (TPSA) is 85.6 Å². The Balaban J connectivity index is 1.49. The standard InChI is InChI=1S/C22H16N6O/c1-14-10-17-18(8-5-9-19(17)27-26-14)25-22(29)15-11-20-21(23-12-15)28(13-24-20)16-6-3-2-4-7-16/h2-13H,1H3,(H,25,29). The van der Waals surface area contributed by atoms with Crippen molar-refractivity contribution in [3.8, 4) is 5.69 Å². The fourth-order valence-corrected chi connectivity index (χ4v) is 3.27. The summed E-state index contributed by atoms with van der Waals surface area (Å²) in [6, 6.07) is 19.0. The number of nitrogens with one attached hydrogen (secondary N) is 1. The third-order valence-corrected chi connectivity index (χ3v) is 4.68. The van der Waals surface area contributed by atoms with Gasteiger partial charge in [0.1, 0.15) is 11.8 Å². The van der Waals surface area contributed by atoms with Crippen LogP contribution in [0.5, 0.6) is 0 Å². The molecule has 140 valence electrons. The number of aryl methyl sites for hydroxylation is 1. The summed E-state index contributed by atoms with van der Waals surface area (Å²) < 4.78 is 1.89. The molecule has 7 heteroatoms. The van der Waals surface area contributed by atoms with Gasteiger partial charge < -0.3 is 5.32 Å². The van der Waals surface area contributed by atoms with E-state index in [0.717, 1.165) is 22.3 Å². The van der Waals surface area contributed by atoms with Crippen LogP contribution >= 0.6 is 0 Å². The number of benzene rings is 2. The predicted molar refractivity (Wildman–Crippen MR) is 111 cm³/mol. The zero-order valence-electron chi connectivity index (χ0n) is 15.6. The van der Waals surface area contributed by atoms with Gasteiger partial charge in [0.05, 0.1) is 22.5 Å². The van der Waals surface area contributed by atoms with Crippen molar-refractivity contribution >= 4 is 33.7 Å². The van der Waals surface area contributed by atoms with E-state index in [1.807, 2.05) is 66.1 Å². The highest BCUT2D eigenvalue weighted by Gasteiger charge is 2.13. The highest BCUT2D eigenvalue weighted by molar-refractivity contribution is 6.09. The Morgan fingerprint density at radius 1 is 0.931 bits per heavy atom. The molecular weight excluding hydrogens is 364 g/mol. The van der Waals surface area contributed by atoms with Crippen molar-refractivity contribution in [2.45, 2.75) is 6.92 Å². The normalized spacial score (nSPS) is 11.1. The van der Waals surface area contributed by atoms with Gasteiger partial charge in [0.25, 0.3) is 5.91 Å². The lowest BCUT2D eigenvalue weighted by Gasteiger charge is -2.09. The quantitative estimate of drug-likeness (QED) is 0.513. The Hall–Kier alpha value is -4.13. The monoisotopic (exact) mass is 380 g/mol. The first-order valence-corrected chi connectivity index (χ1v) is 9.12. The Kier molecular flexibility index (Phi) is 3.98. The lowest BCUT2D eigenvalue weighted by atomic mass is 10.1. The molecule has 0 unspecified atom stereocenters. The molecule has 29 heavy (non-hydrogen) atoms. The first kappa shape index (κ1) is 17.0. The van der Waals surface area contributed by atoms with Crippen molar-refractivity contribution in [2.24, 2.45) is 0 Å². The largest absolute Gasteiger partial charge is 0.321 e. The van der Waals surface area contributed by atoms with Gasteiger partial charge in [-0.1, -0.05) is 24.3 Å². The number of anilines is 1. The molecule has 0 spiro atoms. The van der Waals surface area contributed by atoms with Crippen molar-refractivity contribution in [3.63, 3.8) is 0 Å². The molecule has 0 saturated carbocycles. The molecule has 0 bridgehead atoms. The van der Waals surface area contributed by atoms with Crippen LogP contribution in [0.25, 0.3) is 27.8 Å². The SMILES string of the molecule is Cc1cc2c(NC(=O)c3cnc4c(c3)ncn4-c3ccccc3)cccc2nn1. The minimum Gasteiger partial charge on any atom is -0.321 e. The highest BCUT2D eigenvalue weighted by atomic mass is 16.1. The molecule has 1 N–H and O–H groups in total. The van der Waals surface area contributed by atoms with Gasteiger partial charge in [0.15, 0.2) is 5.65 Å². The number of hydrogen-bond donors (Lipinski definition) is 1. The summed E-state index contributed by atoms with van der Waals surface area (Å²) in [5.74, 6) is -0.254. The van der Waals surface area contributed by atoms with Gasteiger partial charge >= 0.3 is 0 Å². The van der Waals surface area contributed by atoms with Gasteiger partial charge in [0, 0.05) is 17.3 Å². The van der Waals surface area contributed by atoms with Crippen molar-refractivity contribution in [2.75, 3.05) is 5.32 Å². The van der Waals surface area contributed by atoms with E-state index in [1.54, 1.807) is 18.6 Å². The summed E-state index contributed by atoms with van der Waals surface area (Å²) in [5.41, 5.74) is 4.95. The molecule has 0 aliphatic heterocycles. The average molecular weight is 380 g/mol. The van der Waals surface area contributed by atoms with Gasteiger partial charge in [0.2, 0.25) is 0 Å². The predicted octanol–water partition coefficient (Wildman–Crippen LogP) is 3.92. The van der Waals surface area contributed by atoms with Gasteiger partial charge in [-0.3, -0.25) is 9.36 Å². The van der Waals surface area contributed by atoms with Crippen LogP contribution in [0.4, 0.5) is 5.69 Å². The molecule has 3 heterocycles. The van der Waals surface area contributed by atoms with E-state index in [-0.39, 0.29) is 5.91 Å². The molecule has 3 aromatic heterocycles. The van der Waals surface area contributed by atoms with Crippen molar-refractivity contribution in [1.82, 2.24) is 24.7 Å². The summed E-state index contributed by atoms with van der Waals surface area (Å²) in [4.78, 5) is 21.7. The van der Waals surface area contributed by atoms with Crippen LogP contribution < -0.4 is 5.32 Å². The number of imidazole rings is 1. The number of aromatic nitrogens is 5. The maximum atomic E-state index is 12.8. The number of amides is 1. The minimum absolute atomic E-state index is 0.254. The number of para-hydroxylation sites is 1. The molecule has 1 amide bonds. The second kappa shape index (κ2) is 6.79. The van der Waals surface area contributed by atoms with E-state index >= 15 is 0 Å². The van der Waals surface area contributed by atoms with Gasteiger partial charge in [-0.2, -0.15) is 10.2 Å². The highest BCUT2D eigenvalue weighted by Crippen LogP contribution is 2.23. The molecule has 0 saturated heterocycles. The Morgan fingerprint density at radius 2 is 1.79 bits per heavy atom. The van der Waals surface area contributed by atoms with Crippen LogP contribution in [-0.4, -0.2) is 30.6 Å². The van der Waals surface area contributed by atoms with E-state index in [0.29, 0.717) is 22.4 Å². The number of rotatable bonds is 3. The van der Waals surface area contributed by atoms with Gasteiger partial charge in [-0.05, 0) is 43.3 Å². The molecule has 0 aliphatic rings. The van der Waals surface area contributed by atoms with Crippen LogP contribution in [0, 0.1) is 6.92 Å². The van der Waals surface area contributed by atoms with Gasteiger partial charge in [-0.15, -0.1) is 0 Å². The summed E-state index contributed by atoms with van der Waals surface area (Å²) in [7, 11) is 0. The second-order valence-electron chi connectivity index (χ2n) is 6.70. The van der Waals surface area contributed by atoms with Crippen molar-refractivity contribution in [1.29, 1.82) is 0 Å². The molecule has 0 aliphatic carbocycles. The first-order valence-electron chi connectivity index (χ1n) is 9.12. The lowest BCUT2D eigenvalue weighted by Crippen LogP contribution is -2.13. The van der Waals surface area contributed by atoms with Crippen LogP contribution in [-0.2, 0) is 0 Å². The molecular formula is C22H16N6O. The van der Waals surface area contributed by atoms with Crippen LogP contribution in [0.2, 0.25) is 0 Å². The fraction of sp³-hybridized carbons (Fsp3) is 0.0455. The maximum Gasteiger partial charge on any atom is 0.257 e. The van der Waals surface area contributed by atoms with Crippen molar-refractivity contribution < 1.29 is 4.79 Å². The summed E-state index contributed by atoms with van der Waals surface area (Å²) in [5, 5.41) is 12.0. The van der Waals surface area contributed by atoms with Crippen LogP contribution in [0.1, 0.15) is 16.1 Å². The van der Waals surface area contributed by atoms with E-state index in [1.165, 1.54) is 0 Å². The smallest absolute Gasteiger partial charge is 0.257 e. The molecule has 0 fully saturated rings. The Morgan fingerprint density at radius 3 is 2.66 bits per heavy atom.